The summed E-state index contributed by atoms with van der Waals surface area (Å²) in [7, 11) is -1.45. The molecule has 48 heavy (non-hydrogen) atoms. The van der Waals surface area contributed by atoms with Crippen molar-refractivity contribution in [2.45, 2.75) is 44.7 Å². The van der Waals surface area contributed by atoms with E-state index < -0.39 is 28.5 Å². The highest BCUT2D eigenvalue weighted by Crippen LogP contribution is 2.36. The molecule has 0 heterocycles. The fourth-order valence-electron chi connectivity index (χ4n) is 5.15. The first-order chi connectivity index (χ1) is 22.9. The molecule has 0 radical (unpaired) electrons. The maximum atomic E-state index is 14.7. The second kappa shape index (κ2) is 16.5. The van der Waals surface area contributed by atoms with E-state index in [9.17, 15) is 18.0 Å². The number of aryl methyl sites for hydroxylation is 1. The molecule has 1 N–H and O–H groups in total. The van der Waals surface area contributed by atoms with Crippen LogP contribution in [-0.2, 0) is 32.6 Å². The summed E-state index contributed by atoms with van der Waals surface area (Å²) in [4.78, 5) is 30.1. The van der Waals surface area contributed by atoms with E-state index in [2.05, 4.69) is 5.32 Å². The van der Waals surface area contributed by atoms with E-state index in [1.165, 1.54) is 37.3 Å². The lowest BCUT2D eigenvalue weighted by molar-refractivity contribution is -0.140. The van der Waals surface area contributed by atoms with Crippen molar-refractivity contribution in [3.8, 4) is 11.5 Å². The number of hydrogen-bond acceptors (Lipinski definition) is 6. The Morgan fingerprint density at radius 1 is 0.854 bits per heavy atom. The van der Waals surface area contributed by atoms with Crippen molar-refractivity contribution < 1.29 is 27.5 Å². The van der Waals surface area contributed by atoms with Gasteiger partial charge in [-0.05, 0) is 60.4 Å². The molecule has 0 aliphatic heterocycles. The molecule has 4 aromatic carbocycles. The number of ether oxygens (including phenoxy) is 2. The Hall–Kier alpha value is -4.54. The highest BCUT2D eigenvalue weighted by atomic mass is 35.5. The second-order valence-corrected chi connectivity index (χ2v) is 14.2. The van der Waals surface area contributed by atoms with Gasteiger partial charge in [0.15, 0.2) is 0 Å². The third kappa shape index (κ3) is 9.29. The van der Waals surface area contributed by atoms with Crippen molar-refractivity contribution in [1.82, 2.24) is 10.2 Å². The van der Waals surface area contributed by atoms with Crippen molar-refractivity contribution in [1.29, 1.82) is 0 Å². The van der Waals surface area contributed by atoms with E-state index in [1.54, 1.807) is 42.5 Å². The fourth-order valence-corrected chi connectivity index (χ4v) is 6.78. The molecule has 0 fully saturated rings. The van der Waals surface area contributed by atoms with Crippen LogP contribution < -0.4 is 19.1 Å². The molecule has 0 spiro atoms. The average molecular weight is 692 g/mol. The number of methoxy groups -OCH3 is 2. The molecule has 11 heteroatoms. The van der Waals surface area contributed by atoms with Gasteiger partial charge in [0, 0.05) is 30.6 Å². The molecule has 0 unspecified atom stereocenters. The molecule has 0 saturated carbocycles. The highest BCUT2D eigenvalue weighted by Gasteiger charge is 2.36. The quantitative estimate of drug-likeness (QED) is 0.158. The van der Waals surface area contributed by atoms with Gasteiger partial charge < -0.3 is 19.7 Å². The number of halogens is 1. The van der Waals surface area contributed by atoms with Crippen LogP contribution in [-0.4, -0.2) is 58.5 Å². The summed E-state index contributed by atoms with van der Waals surface area (Å²) in [6.07, 6.45) is 0.199. The van der Waals surface area contributed by atoms with E-state index in [0.29, 0.717) is 22.9 Å². The minimum Gasteiger partial charge on any atom is -0.497 e. The Morgan fingerprint density at radius 2 is 1.54 bits per heavy atom. The maximum Gasteiger partial charge on any atom is 0.264 e. The zero-order valence-corrected chi connectivity index (χ0v) is 29.4. The molecule has 4 aromatic rings. The zero-order valence-electron chi connectivity index (χ0n) is 27.9. The van der Waals surface area contributed by atoms with Crippen LogP contribution in [0.25, 0.3) is 0 Å². The predicted molar refractivity (Wildman–Crippen MR) is 189 cm³/mol. The standard InChI is InChI=1S/C37H42ClN3O6S/c1-26(2)23-39-37(43)34(21-28-10-7-6-8-11-28)40(24-29-12-9-13-30(38)20-29)36(42)25-41(33-22-31(46-4)16-19-35(33)47-5)48(44,45)32-17-14-27(3)15-18-32/h6-20,22,26,34H,21,23-25H2,1-5H3,(H,39,43)/t34-/m1/s1. The van der Waals surface area contributed by atoms with Gasteiger partial charge in [0.05, 0.1) is 24.8 Å². The number of amides is 2. The van der Waals surface area contributed by atoms with Gasteiger partial charge in [-0.1, -0.05) is 85.6 Å². The molecule has 0 saturated heterocycles. The Balaban J connectivity index is 1.86. The Bertz CT molecular complexity index is 1800. The van der Waals surface area contributed by atoms with Gasteiger partial charge in [-0.3, -0.25) is 13.9 Å². The summed E-state index contributed by atoms with van der Waals surface area (Å²) >= 11 is 6.33. The van der Waals surface area contributed by atoms with Crippen LogP contribution in [0.5, 0.6) is 11.5 Å². The molecule has 4 rings (SSSR count). The first kappa shape index (κ1) is 36.3. The van der Waals surface area contributed by atoms with Gasteiger partial charge >= 0.3 is 0 Å². The molecule has 0 aliphatic rings. The van der Waals surface area contributed by atoms with Crippen molar-refractivity contribution >= 4 is 39.1 Å². The number of carbonyl (C=O) groups is 2. The Morgan fingerprint density at radius 3 is 2.17 bits per heavy atom. The van der Waals surface area contributed by atoms with E-state index in [1.807, 2.05) is 57.2 Å². The minimum absolute atomic E-state index is 0.000340. The lowest BCUT2D eigenvalue weighted by atomic mass is 10.0. The van der Waals surface area contributed by atoms with Crippen LogP contribution in [0, 0.1) is 12.8 Å². The van der Waals surface area contributed by atoms with Crippen LogP contribution in [0.15, 0.2) is 102 Å². The van der Waals surface area contributed by atoms with Gasteiger partial charge in [-0.2, -0.15) is 0 Å². The van der Waals surface area contributed by atoms with Crippen LogP contribution in [0.1, 0.15) is 30.5 Å². The highest BCUT2D eigenvalue weighted by molar-refractivity contribution is 7.92. The van der Waals surface area contributed by atoms with Crippen LogP contribution in [0.4, 0.5) is 5.69 Å². The monoisotopic (exact) mass is 691 g/mol. The summed E-state index contributed by atoms with van der Waals surface area (Å²) < 4.78 is 40.8. The Kier molecular flexibility index (Phi) is 12.5. The van der Waals surface area contributed by atoms with E-state index in [4.69, 9.17) is 21.1 Å². The van der Waals surface area contributed by atoms with Gasteiger partial charge in [0.2, 0.25) is 11.8 Å². The Labute approximate surface area is 288 Å². The van der Waals surface area contributed by atoms with E-state index in [0.717, 1.165) is 15.4 Å². The molecule has 0 aliphatic carbocycles. The summed E-state index contributed by atoms with van der Waals surface area (Å²) in [6, 6.07) is 26.5. The topological polar surface area (TPSA) is 105 Å². The third-order valence-corrected chi connectivity index (χ3v) is 9.75. The summed E-state index contributed by atoms with van der Waals surface area (Å²) in [5, 5.41) is 3.45. The first-order valence-corrected chi connectivity index (χ1v) is 17.4. The van der Waals surface area contributed by atoms with Crippen molar-refractivity contribution in [2.24, 2.45) is 5.92 Å². The van der Waals surface area contributed by atoms with Gasteiger partial charge in [0.1, 0.15) is 24.1 Å². The van der Waals surface area contributed by atoms with Crippen molar-refractivity contribution in [3.05, 3.63) is 119 Å². The molecule has 254 valence electrons. The number of sulfonamides is 1. The number of anilines is 1. The SMILES string of the molecule is COc1ccc(OC)c(N(CC(=O)N(Cc2cccc(Cl)c2)[C@H](Cc2ccccc2)C(=O)NCC(C)C)S(=O)(=O)c2ccc(C)cc2)c1. The molecule has 2 amide bonds. The van der Waals surface area contributed by atoms with Gasteiger partial charge in [-0.25, -0.2) is 8.42 Å². The normalized spacial score (nSPS) is 11.9. The first-order valence-electron chi connectivity index (χ1n) is 15.6. The smallest absolute Gasteiger partial charge is 0.264 e. The molecule has 9 nitrogen and oxygen atoms in total. The number of benzene rings is 4. The number of nitrogens with one attached hydrogen (secondary N) is 1. The number of nitrogens with zero attached hydrogens (tertiary/aromatic N) is 2. The average Bonchev–Trinajstić information content (AvgIpc) is 3.07. The number of rotatable bonds is 15. The van der Waals surface area contributed by atoms with Crippen LogP contribution >= 0.6 is 11.6 Å². The zero-order chi connectivity index (χ0) is 34.8. The van der Waals surface area contributed by atoms with Crippen LogP contribution in [0.3, 0.4) is 0 Å². The third-order valence-electron chi connectivity index (χ3n) is 7.74. The minimum atomic E-state index is -4.33. The maximum absolute atomic E-state index is 14.7. The number of hydrogen-bond donors (Lipinski definition) is 1. The fraction of sp³-hybridized carbons (Fsp3) is 0.297. The van der Waals surface area contributed by atoms with E-state index >= 15 is 0 Å². The van der Waals surface area contributed by atoms with E-state index in [-0.39, 0.29) is 41.1 Å². The largest absolute Gasteiger partial charge is 0.497 e. The molecular formula is C37H42ClN3O6S. The predicted octanol–water partition coefficient (Wildman–Crippen LogP) is 6.27. The summed E-state index contributed by atoms with van der Waals surface area (Å²) in [6.45, 7) is 5.59. The molecule has 0 bridgehead atoms. The van der Waals surface area contributed by atoms with Crippen LogP contribution in [0.2, 0.25) is 5.02 Å². The number of carbonyl (C=O) groups excluding carboxylic acids is 2. The van der Waals surface area contributed by atoms with Gasteiger partial charge in [-0.15, -0.1) is 0 Å². The van der Waals surface area contributed by atoms with Crippen molar-refractivity contribution in [2.75, 3.05) is 31.6 Å². The lowest BCUT2D eigenvalue weighted by Crippen LogP contribution is -2.53. The van der Waals surface area contributed by atoms with Gasteiger partial charge in [0.25, 0.3) is 10.0 Å². The molecule has 0 aromatic heterocycles. The second-order valence-electron chi connectivity index (χ2n) is 11.9. The summed E-state index contributed by atoms with van der Waals surface area (Å²) in [5.41, 5.74) is 2.50. The summed E-state index contributed by atoms with van der Waals surface area (Å²) in [5.74, 6) is -0.200. The van der Waals surface area contributed by atoms with Crippen molar-refractivity contribution in [3.63, 3.8) is 0 Å². The molecule has 1 atom stereocenters. The lowest BCUT2D eigenvalue weighted by Gasteiger charge is -2.34. The molecular weight excluding hydrogens is 650 g/mol.